The van der Waals surface area contributed by atoms with Crippen molar-refractivity contribution < 1.29 is 20.5 Å². The topological polar surface area (TPSA) is 90.4 Å². The molecule has 0 aliphatic heterocycles. The molecule has 2 N–H and O–H groups in total. The van der Waals surface area contributed by atoms with Gasteiger partial charge in [-0.15, -0.1) is 0 Å². The van der Waals surface area contributed by atoms with Crippen molar-refractivity contribution >= 4 is 81.4 Å². The zero-order valence-corrected chi connectivity index (χ0v) is 6.70. The zero-order chi connectivity index (χ0) is 5.15. The average Bonchev–Trinajstić information content (AvgIpc) is 1.36. The molecule has 0 aromatic rings. The van der Waals surface area contributed by atoms with E-state index in [9.17, 15) is 9.90 Å². The fourth-order valence-corrected chi connectivity index (χ4v) is 0. The Morgan fingerprint density at radius 2 is 1.78 bits per heavy atom. The van der Waals surface area contributed by atoms with Crippen molar-refractivity contribution in [3.05, 3.63) is 0 Å². The summed E-state index contributed by atoms with van der Waals surface area (Å²) in [5, 5.41) is 17.3. The molecule has 6 heteroatoms. The first-order chi connectivity index (χ1) is 2.64. The van der Waals surface area contributed by atoms with E-state index in [-0.39, 0.29) is 81.0 Å². The van der Waals surface area contributed by atoms with E-state index in [1.54, 1.807) is 0 Å². The predicted molar refractivity (Wildman–Crippen MR) is 32.9 cm³/mol. The van der Waals surface area contributed by atoms with Crippen molar-refractivity contribution in [2.75, 3.05) is 0 Å². The summed E-state index contributed by atoms with van der Waals surface area (Å²) in [6, 6.07) is 0. The molecule has 9 heavy (non-hydrogen) atoms. The van der Waals surface area contributed by atoms with Gasteiger partial charge in [-0.2, -0.15) is 0 Å². The number of aliphatic hydroxyl groups excluding tert-OH is 1. The summed E-state index contributed by atoms with van der Waals surface area (Å²) >= 11 is 0. The number of carboxylic acid groups (broad SMARTS) is 1. The third-order valence-electron chi connectivity index (χ3n) is 0.341. The molecule has 48 valence electrons. The van der Waals surface area contributed by atoms with Gasteiger partial charge in [-0.1, -0.05) is 0 Å². The van der Waals surface area contributed by atoms with Gasteiger partial charge < -0.3 is 20.5 Å². The molecule has 0 radical (unpaired) electrons. The van der Waals surface area contributed by atoms with Crippen LogP contribution in [0.25, 0.3) is 0 Å². The molecule has 0 amide bonds. The van der Waals surface area contributed by atoms with Gasteiger partial charge in [0, 0.05) is 0 Å². The van der Waals surface area contributed by atoms with Crippen LogP contribution in [0.3, 0.4) is 0 Å². The maximum atomic E-state index is 9.34. The van der Waals surface area contributed by atoms with Gasteiger partial charge in [-0.25, -0.2) is 0 Å². The molecule has 0 heterocycles. The van der Waals surface area contributed by atoms with Crippen LogP contribution in [0.2, 0.25) is 0 Å². The molecular weight excluding hydrogens is 180 g/mol. The summed E-state index contributed by atoms with van der Waals surface area (Å²) < 4.78 is 0. The van der Waals surface area contributed by atoms with E-state index < -0.39 is 12.1 Å². The van der Waals surface area contributed by atoms with Crippen LogP contribution in [-0.4, -0.2) is 98.1 Å². The minimum Gasteiger partial charge on any atom is -0.870 e. The molecular formula is C3H8Ca2O4. The van der Waals surface area contributed by atoms with E-state index in [1.165, 1.54) is 0 Å². The third kappa shape index (κ3) is 17.8. The monoisotopic (exact) mass is 188 g/mol. The normalized spacial score (nSPS) is 9.11. The summed E-state index contributed by atoms with van der Waals surface area (Å²) in [5.41, 5.74) is 0. The van der Waals surface area contributed by atoms with Gasteiger partial charge in [0.2, 0.25) is 0 Å². The minimum atomic E-state index is -1.44. The minimum absolute atomic E-state index is 0. The Morgan fingerprint density at radius 1 is 1.67 bits per heavy atom. The molecule has 0 spiro atoms. The second-order valence-electron chi connectivity index (χ2n) is 0.995. The molecule has 0 bridgehead atoms. The number of carbonyl (C=O) groups excluding carboxylic acids is 1. The first-order valence-corrected chi connectivity index (χ1v) is 1.53. The van der Waals surface area contributed by atoms with Crippen LogP contribution in [0.4, 0.5) is 0 Å². The van der Waals surface area contributed by atoms with Crippen molar-refractivity contribution in [2.24, 2.45) is 0 Å². The van der Waals surface area contributed by atoms with Gasteiger partial charge in [0.1, 0.15) is 0 Å². The van der Waals surface area contributed by atoms with Gasteiger partial charge in [0.15, 0.2) is 0 Å². The summed E-state index contributed by atoms with van der Waals surface area (Å²) in [5.74, 6) is -1.44. The number of hydrogen-bond acceptors (Lipinski definition) is 4. The third-order valence-corrected chi connectivity index (χ3v) is 0.341. The summed E-state index contributed by atoms with van der Waals surface area (Å²) in [7, 11) is 0. The molecule has 0 fully saturated rings. The Balaban J connectivity index is -0.0000000417. The summed E-state index contributed by atoms with van der Waals surface area (Å²) in [4.78, 5) is 9.34. The Kier molecular flexibility index (Phi) is 31.3. The smallest absolute Gasteiger partial charge is 0.870 e. The molecule has 4 nitrogen and oxygen atoms in total. The summed E-state index contributed by atoms with van der Waals surface area (Å²) in [6.07, 6.45) is -1.34. The zero-order valence-electron chi connectivity index (χ0n) is 4.50. The van der Waals surface area contributed by atoms with Crippen LogP contribution in [0.1, 0.15) is 6.92 Å². The molecule has 0 rings (SSSR count). The van der Waals surface area contributed by atoms with Gasteiger partial charge in [0.25, 0.3) is 0 Å². The van der Waals surface area contributed by atoms with Crippen molar-refractivity contribution in [3.63, 3.8) is 0 Å². The Morgan fingerprint density at radius 3 is 1.78 bits per heavy atom. The number of aliphatic carboxylic acids is 1. The number of aliphatic hydroxyl groups is 1. The number of hydrogen-bond donors (Lipinski definition) is 1. The maximum Gasteiger partial charge on any atom is -0.870 e. The Bertz CT molecular complexity index is 64.8. The van der Waals surface area contributed by atoms with Crippen molar-refractivity contribution in [3.8, 4) is 0 Å². The van der Waals surface area contributed by atoms with E-state index in [2.05, 4.69) is 0 Å². The standard InChI is InChI=1S/C3H6O3.2Ca.H2O.2H/c1-2(4)3(5)6;;;;;/h2,4H,1H3,(H,5,6);;;1H2;;/q;;+2;;;/p-2. The van der Waals surface area contributed by atoms with Crippen molar-refractivity contribution in [2.45, 2.75) is 13.0 Å². The molecule has 1 unspecified atom stereocenters. The number of carboxylic acids is 1. The van der Waals surface area contributed by atoms with E-state index >= 15 is 0 Å². The van der Waals surface area contributed by atoms with Crippen molar-refractivity contribution in [1.82, 2.24) is 0 Å². The number of rotatable bonds is 1. The van der Waals surface area contributed by atoms with Gasteiger partial charge in [-0.05, 0) is 6.92 Å². The van der Waals surface area contributed by atoms with Crippen LogP contribution in [0, 0.1) is 0 Å². The maximum absolute atomic E-state index is 9.34. The van der Waals surface area contributed by atoms with Crippen LogP contribution >= 0.6 is 0 Å². The van der Waals surface area contributed by atoms with Gasteiger partial charge in [-0.3, -0.25) is 0 Å². The second kappa shape index (κ2) is 12.6. The molecule has 0 saturated carbocycles. The molecule has 0 aliphatic carbocycles. The first-order valence-electron chi connectivity index (χ1n) is 1.53. The van der Waals surface area contributed by atoms with Crippen LogP contribution < -0.4 is 5.11 Å². The van der Waals surface area contributed by atoms with E-state index in [1.807, 2.05) is 0 Å². The van der Waals surface area contributed by atoms with Gasteiger partial charge in [0.05, 0.1) is 12.1 Å². The quantitative estimate of drug-likeness (QED) is 0.435. The number of carbonyl (C=O) groups is 1. The molecule has 0 aliphatic rings. The Hall–Kier alpha value is 1.91. The van der Waals surface area contributed by atoms with E-state index in [0.29, 0.717) is 0 Å². The van der Waals surface area contributed by atoms with Crippen LogP contribution in [0.15, 0.2) is 0 Å². The Labute approximate surface area is 113 Å². The van der Waals surface area contributed by atoms with E-state index in [0.717, 1.165) is 6.92 Å². The van der Waals surface area contributed by atoms with Gasteiger partial charge >= 0.3 is 75.5 Å². The largest absolute Gasteiger partial charge is 0.870 e. The summed E-state index contributed by atoms with van der Waals surface area (Å²) in [6.45, 7) is 1.13. The predicted octanol–water partition coefficient (Wildman–Crippen LogP) is -3.36. The molecule has 0 saturated heterocycles. The molecule has 0 aromatic carbocycles. The molecule has 1 atom stereocenters. The fraction of sp³-hybridized carbons (Fsp3) is 0.667. The first kappa shape index (κ1) is 22.4. The van der Waals surface area contributed by atoms with Crippen molar-refractivity contribution in [1.29, 1.82) is 0 Å². The van der Waals surface area contributed by atoms with E-state index in [4.69, 9.17) is 5.11 Å². The average molecular weight is 188 g/mol. The second-order valence-corrected chi connectivity index (χ2v) is 0.995. The fourth-order valence-electron chi connectivity index (χ4n) is 0. The molecule has 0 aromatic heterocycles. The van der Waals surface area contributed by atoms with Crippen LogP contribution in [0.5, 0.6) is 0 Å². The van der Waals surface area contributed by atoms with Crippen LogP contribution in [-0.2, 0) is 4.79 Å². The SMILES string of the molecule is CC(O)C(=O)[O-].[Ca+2].[CaH2].[OH-].